The summed E-state index contributed by atoms with van der Waals surface area (Å²) in [4.78, 5) is 4.72. The Balaban J connectivity index is 1.95. The van der Waals surface area contributed by atoms with Crippen molar-refractivity contribution in [1.82, 2.24) is 4.98 Å². The van der Waals surface area contributed by atoms with Crippen LogP contribution in [0.4, 0.5) is 0 Å². The van der Waals surface area contributed by atoms with Crippen LogP contribution in [0.5, 0.6) is 5.75 Å². The average molecular weight is 299 g/mol. The van der Waals surface area contributed by atoms with Crippen LogP contribution in [-0.4, -0.2) is 23.3 Å². The lowest BCUT2D eigenvalue weighted by molar-refractivity contribution is 0.234. The van der Waals surface area contributed by atoms with Gasteiger partial charge in [-0.25, -0.2) is 4.98 Å². The number of aryl methyl sites for hydroxylation is 1. The van der Waals surface area contributed by atoms with E-state index in [9.17, 15) is 0 Å². The second kappa shape index (κ2) is 6.24. The molecule has 1 N–H and O–H groups in total. The molecule has 0 atom stereocenters. The molecule has 0 fully saturated rings. The van der Waals surface area contributed by atoms with Gasteiger partial charge < -0.3 is 9.84 Å². The van der Waals surface area contributed by atoms with Gasteiger partial charge in [-0.05, 0) is 19.1 Å². The molecule has 21 heavy (non-hydrogen) atoms. The molecule has 0 spiro atoms. The molecule has 1 heterocycles. The summed E-state index contributed by atoms with van der Waals surface area (Å²) in [5, 5.41) is 9.84. The summed E-state index contributed by atoms with van der Waals surface area (Å²) in [7, 11) is 0. The predicted octanol–water partition coefficient (Wildman–Crippen LogP) is 4.03. The Morgan fingerprint density at radius 2 is 1.95 bits per heavy atom. The van der Waals surface area contributed by atoms with E-state index < -0.39 is 0 Å². The molecule has 1 aromatic heterocycles. The Bertz CT molecular complexity index is 734. The van der Waals surface area contributed by atoms with Gasteiger partial charge in [0.1, 0.15) is 16.3 Å². The zero-order valence-corrected chi connectivity index (χ0v) is 12.7. The first-order chi connectivity index (χ1) is 10.3. The molecule has 0 radical (unpaired) electrons. The molecule has 0 unspecified atom stereocenters. The van der Waals surface area contributed by atoms with Gasteiger partial charge in [0.15, 0.2) is 0 Å². The van der Waals surface area contributed by atoms with Crippen molar-refractivity contribution in [3.8, 4) is 16.3 Å². The van der Waals surface area contributed by atoms with E-state index in [1.54, 1.807) is 11.3 Å². The topological polar surface area (TPSA) is 42.4 Å². The zero-order chi connectivity index (χ0) is 14.7. The van der Waals surface area contributed by atoms with Gasteiger partial charge in [-0.2, -0.15) is 0 Å². The number of nitrogens with zero attached hydrogens (tertiary/aromatic N) is 1. The first-order valence-electron chi connectivity index (χ1n) is 6.98. The maximum Gasteiger partial charge on any atom is 0.146 e. The van der Waals surface area contributed by atoms with E-state index >= 15 is 0 Å². The van der Waals surface area contributed by atoms with Crippen LogP contribution in [0.3, 0.4) is 0 Å². The van der Waals surface area contributed by atoms with Gasteiger partial charge in [-0.3, -0.25) is 0 Å². The first kappa shape index (κ1) is 14.0. The Morgan fingerprint density at radius 3 is 2.71 bits per heavy atom. The summed E-state index contributed by atoms with van der Waals surface area (Å²) >= 11 is 1.67. The molecule has 108 valence electrons. The molecule has 0 bridgehead atoms. The van der Waals surface area contributed by atoms with Crippen molar-refractivity contribution < 1.29 is 9.84 Å². The SMILES string of the molecule is Cc1ccc(-c2nc3c(OCCCO)cccc3s2)cc1. The van der Waals surface area contributed by atoms with Crippen molar-refractivity contribution in [3.63, 3.8) is 0 Å². The number of fused-ring (bicyclic) bond motifs is 1. The van der Waals surface area contributed by atoms with Crippen molar-refractivity contribution >= 4 is 21.6 Å². The minimum atomic E-state index is 0.141. The van der Waals surface area contributed by atoms with Crippen molar-refractivity contribution in [1.29, 1.82) is 0 Å². The van der Waals surface area contributed by atoms with Crippen molar-refractivity contribution in [2.45, 2.75) is 13.3 Å². The quantitative estimate of drug-likeness (QED) is 0.723. The highest BCUT2D eigenvalue weighted by molar-refractivity contribution is 7.21. The van der Waals surface area contributed by atoms with Crippen LogP contribution in [0, 0.1) is 6.92 Å². The van der Waals surface area contributed by atoms with Crippen LogP contribution in [0.2, 0.25) is 0 Å². The number of aliphatic hydroxyl groups excluding tert-OH is 1. The molecule has 3 nitrogen and oxygen atoms in total. The van der Waals surface area contributed by atoms with E-state index in [1.807, 2.05) is 12.1 Å². The van der Waals surface area contributed by atoms with Crippen LogP contribution in [0.25, 0.3) is 20.8 Å². The Morgan fingerprint density at radius 1 is 1.14 bits per heavy atom. The number of aliphatic hydroxyl groups is 1. The first-order valence-corrected chi connectivity index (χ1v) is 7.80. The van der Waals surface area contributed by atoms with Crippen LogP contribution in [0.15, 0.2) is 42.5 Å². The van der Waals surface area contributed by atoms with Crippen LogP contribution in [0.1, 0.15) is 12.0 Å². The number of rotatable bonds is 5. The molecule has 0 saturated carbocycles. The van der Waals surface area contributed by atoms with Gasteiger partial charge in [0, 0.05) is 18.6 Å². The Labute approximate surface area is 127 Å². The Hall–Kier alpha value is -1.91. The number of para-hydroxylation sites is 1. The third-order valence-electron chi connectivity index (χ3n) is 3.24. The molecule has 0 aliphatic heterocycles. The molecule has 0 aliphatic carbocycles. The summed E-state index contributed by atoms with van der Waals surface area (Å²) in [5.74, 6) is 0.788. The van der Waals surface area contributed by atoms with Crippen molar-refractivity contribution in [2.75, 3.05) is 13.2 Å². The molecule has 0 saturated heterocycles. The van der Waals surface area contributed by atoms with Gasteiger partial charge in [0.25, 0.3) is 0 Å². The van der Waals surface area contributed by atoms with Crippen LogP contribution >= 0.6 is 11.3 Å². The number of aromatic nitrogens is 1. The van der Waals surface area contributed by atoms with E-state index in [4.69, 9.17) is 14.8 Å². The largest absolute Gasteiger partial charge is 0.491 e. The minimum Gasteiger partial charge on any atom is -0.491 e. The van der Waals surface area contributed by atoms with Gasteiger partial charge in [-0.15, -0.1) is 11.3 Å². The fourth-order valence-corrected chi connectivity index (χ4v) is 3.09. The van der Waals surface area contributed by atoms with Crippen molar-refractivity contribution in [3.05, 3.63) is 48.0 Å². The van der Waals surface area contributed by atoms with Gasteiger partial charge in [0.2, 0.25) is 0 Å². The minimum absolute atomic E-state index is 0.141. The molecular weight excluding hydrogens is 282 g/mol. The fraction of sp³-hybridized carbons (Fsp3) is 0.235. The molecule has 0 amide bonds. The van der Waals surface area contributed by atoms with E-state index in [0.29, 0.717) is 13.0 Å². The van der Waals surface area contributed by atoms with Crippen LogP contribution < -0.4 is 4.74 Å². The fourth-order valence-electron chi connectivity index (χ4n) is 2.11. The second-order valence-corrected chi connectivity index (χ2v) is 5.94. The number of hydrogen-bond acceptors (Lipinski definition) is 4. The van der Waals surface area contributed by atoms with Gasteiger partial charge in [-0.1, -0.05) is 35.9 Å². The maximum atomic E-state index is 8.84. The highest BCUT2D eigenvalue weighted by atomic mass is 32.1. The molecule has 3 rings (SSSR count). The highest BCUT2D eigenvalue weighted by Gasteiger charge is 2.10. The monoisotopic (exact) mass is 299 g/mol. The highest BCUT2D eigenvalue weighted by Crippen LogP contribution is 2.34. The van der Waals surface area contributed by atoms with Crippen molar-refractivity contribution in [2.24, 2.45) is 0 Å². The predicted molar refractivity (Wildman–Crippen MR) is 87.0 cm³/mol. The van der Waals surface area contributed by atoms with E-state index in [1.165, 1.54) is 5.56 Å². The average Bonchev–Trinajstić information content (AvgIpc) is 2.93. The molecule has 0 aliphatic rings. The smallest absolute Gasteiger partial charge is 0.146 e. The van der Waals surface area contributed by atoms with E-state index in [0.717, 1.165) is 26.5 Å². The summed E-state index contributed by atoms with van der Waals surface area (Å²) in [5.41, 5.74) is 3.27. The lowest BCUT2D eigenvalue weighted by Gasteiger charge is -2.04. The molecular formula is C17H17NO2S. The third-order valence-corrected chi connectivity index (χ3v) is 4.31. The number of benzene rings is 2. The normalized spacial score (nSPS) is 11.0. The van der Waals surface area contributed by atoms with E-state index in [-0.39, 0.29) is 6.61 Å². The molecule has 4 heteroatoms. The summed E-state index contributed by atoms with van der Waals surface area (Å²) in [6.07, 6.45) is 0.630. The van der Waals surface area contributed by atoms with Crippen LogP contribution in [-0.2, 0) is 0 Å². The number of thiazole rings is 1. The summed E-state index contributed by atoms with van der Waals surface area (Å²) in [6, 6.07) is 14.4. The molecule has 3 aromatic rings. The number of hydrogen-bond donors (Lipinski definition) is 1. The standard InChI is InChI=1S/C17H17NO2S/c1-12-6-8-13(9-7-12)17-18-16-14(20-11-3-10-19)4-2-5-15(16)21-17/h2,4-9,19H,3,10-11H2,1H3. The van der Waals surface area contributed by atoms with E-state index in [2.05, 4.69) is 37.3 Å². The second-order valence-electron chi connectivity index (χ2n) is 4.91. The third kappa shape index (κ3) is 3.06. The summed E-state index contributed by atoms with van der Waals surface area (Å²) in [6.45, 7) is 2.73. The Kier molecular flexibility index (Phi) is 4.18. The molecule has 2 aromatic carbocycles. The van der Waals surface area contributed by atoms with Gasteiger partial charge >= 0.3 is 0 Å². The number of ether oxygens (including phenoxy) is 1. The van der Waals surface area contributed by atoms with Gasteiger partial charge in [0.05, 0.1) is 11.3 Å². The lowest BCUT2D eigenvalue weighted by atomic mass is 10.2. The summed E-state index contributed by atoms with van der Waals surface area (Å²) < 4.78 is 6.83. The maximum absolute atomic E-state index is 8.84. The zero-order valence-electron chi connectivity index (χ0n) is 11.9. The lowest BCUT2D eigenvalue weighted by Crippen LogP contribution is -1.99.